The van der Waals surface area contributed by atoms with Crippen molar-refractivity contribution in [2.24, 2.45) is 11.7 Å². The van der Waals surface area contributed by atoms with E-state index in [0.717, 1.165) is 43.1 Å². The molecule has 1 atom stereocenters. The lowest BCUT2D eigenvalue weighted by Gasteiger charge is -2.23. The van der Waals surface area contributed by atoms with Gasteiger partial charge >= 0.3 is 0 Å². The van der Waals surface area contributed by atoms with Crippen molar-refractivity contribution in [3.8, 4) is 11.4 Å². The first-order valence-corrected chi connectivity index (χ1v) is 6.47. The molecule has 2 aromatic rings. The lowest BCUT2D eigenvalue weighted by Crippen LogP contribution is -2.26. The molecule has 2 N–H and O–H groups in total. The molecule has 1 aliphatic heterocycles. The first-order chi connectivity index (χ1) is 8.78. The number of aromatic nitrogens is 3. The van der Waals surface area contributed by atoms with Gasteiger partial charge in [0.05, 0.1) is 0 Å². The van der Waals surface area contributed by atoms with E-state index in [4.69, 9.17) is 5.73 Å². The van der Waals surface area contributed by atoms with Crippen LogP contribution in [-0.2, 0) is 13.0 Å². The van der Waals surface area contributed by atoms with E-state index in [0.29, 0.717) is 5.92 Å². The predicted molar refractivity (Wildman–Crippen MR) is 71.1 cm³/mol. The summed E-state index contributed by atoms with van der Waals surface area (Å²) >= 11 is 0. The summed E-state index contributed by atoms with van der Waals surface area (Å²) in [6.07, 6.45) is 2.11. The normalized spacial score (nSPS) is 18.7. The molecule has 1 unspecified atom stereocenters. The molecule has 0 amide bonds. The summed E-state index contributed by atoms with van der Waals surface area (Å²) in [4.78, 5) is 0. The summed E-state index contributed by atoms with van der Waals surface area (Å²) in [7, 11) is 0. The Balaban J connectivity index is 2.02. The van der Waals surface area contributed by atoms with Gasteiger partial charge in [-0.05, 0) is 31.9 Å². The highest BCUT2D eigenvalue weighted by molar-refractivity contribution is 5.56. The highest BCUT2D eigenvalue weighted by atomic mass is 15.3. The Morgan fingerprint density at radius 2 is 2.28 bits per heavy atom. The van der Waals surface area contributed by atoms with E-state index in [1.807, 2.05) is 0 Å². The molecule has 0 spiro atoms. The molecule has 4 nitrogen and oxygen atoms in total. The lowest BCUT2D eigenvalue weighted by molar-refractivity contribution is 0.375. The Morgan fingerprint density at radius 1 is 1.39 bits per heavy atom. The molecule has 18 heavy (non-hydrogen) atoms. The van der Waals surface area contributed by atoms with Gasteiger partial charge in [-0.1, -0.05) is 23.8 Å². The molecule has 0 saturated heterocycles. The van der Waals surface area contributed by atoms with E-state index in [2.05, 4.69) is 46.0 Å². The molecule has 3 rings (SSSR count). The fourth-order valence-corrected chi connectivity index (χ4v) is 2.58. The van der Waals surface area contributed by atoms with Gasteiger partial charge in [0.2, 0.25) is 0 Å². The van der Waals surface area contributed by atoms with Gasteiger partial charge in [-0.2, -0.15) is 0 Å². The van der Waals surface area contributed by atoms with E-state index in [9.17, 15) is 0 Å². The maximum atomic E-state index is 5.79. The average molecular weight is 242 g/mol. The number of hydrogen-bond donors (Lipinski definition) is 1. The van der Waals surface area contributed by atoms with Gasteiger partial charge < -0.3 is 10.3 Å². The van der Waals surface area contributed by atoms with Crippen LogP contribution in [0.4, 0.5) is 0 Å². The second-order valence-electron chi connectivity index (χ2n) is 5.06. The summed E-state index contributed by atoms with van der Waals surface area (Å²) in [6.45, 7) is 3.78. The van der Waals surface area contributed by atoms with Crippen molar-refractivity contribution in [1.82, 2.24) is 14.8 Å². The zero-order chi connectivity index (χ0) is 12.5. The molecule has 0 fully saturated rings. The summed E-state index contributed by atoms with van der Waals surface area (Å²) in [6, 6.07) is 8.41. The smallest absolute Gasteiger partial charge is 0.163 e. The second-order valence-corrected chi connectivity index (χ2v) is 5.06. The number of fused-ring (bicyclic) bond motifs is 1. The van der Waals surface area contributed by atoms with Crippen LogP contribution in [0.3, 0.4) is 0 Å². The topological polar surface area (TPSA) is 56.7 Å². The lowest BCUT2D eigenvalue weighted by atomic mass is 9.99. The molecule has 2 heterocycles. The average Bonchev–Trinajstić information content (AvgIpc) is 2.81. The quantitative estimate of drug-likeness (QED) is 0.873. The van der Waals surface area contributed by atoms with Gasteiger partial charge in [-0.3, -0.25) is 0 Å². The van der Waals surface area contributed by atoms with Crippen molar-refractivity contribution in [2.75, 3.05) is 6.54 Å². The van der Waals surface area contributed by atoms with Gasteiger partial charge in [0.15, 0.2) is 5.82 Å². The van der Waals surface area contributed by atoms with Crippen LogP contribution in [0, 0.1) is 12.8 Å². The van der Waals surface area contributed by atoms with Gasteiger partial charge in [-0.25, -0.2) is 0 Å². The van der Waals surface area contributed by atoms with Crippen molar-refractivity contribution in [3.05, 3.63) is 35.7 Å². The van der Waals surface area contributed by atoms with E-state index >= 15 is 0 Å². The maximum Gasteiger partial charge on any atom is 0.163 e. The van der Waals surface area contributed by atoms with Gasteiger partial charge in [0.25, 0.3) is 0 Å². The van der Waals surface area contributed by atoms with Crippen LogP contribution >= 0.6 is 0 Å². The Labute approximate surface area is 107 Å². The number of aryl methyl sites for hydroxylation is 2. The van der Waals surface area contributed by atoms with Crippen molar-refractivity contribution in [1.29, 1.82) is 0 Å². The molecule has 4 heteroatoms. The third-order valence-corrected chi connectivity index (χ3v) is 3.65. The molecule has 1 aromatic heterocycles. The van der Waals surface area contributed by atoms with E-state index < -0.39 is 0 Å². The largest absolute Gasteiger partial charge is 0.330 e. The van der Waals surface area contributed by atoms with Crippen LogP contribution in [0.5, 0.6) is 0 Å². The minimum atomic E-state index is 0.553. The van der Waals surface area contributed by atoms with Crippen LogP contribution in [-0.4, -0.2) is 21.3 Å². The first-order valence-electron chi connectivity index (χ1n) is 6.47. The van der Waals surface area contributed by atoms with E-state index in [1.165, 1.54) is 5.56 Å². The summed E-state index contributed by atoms with van der Waals surface area (Å²) < 4.78 is 2.23. The zero-order valence-corrected chi connectivity index (χ0v) is 10.6. The Hall–Kier alpha value is -1.68. The Morgan fingerprint density at radius 3 is 3.06 bits per heavy atom. The predicted octanol–water partition coefficient (Wildman–Crippen LogP) is 1.77. The fraction of sp³-hybridized carbons (Fsp3) is 0.429. The monoisotopic (exact) mass is 242 g/mol. The molecule has 0 aliphatic carbocycles. The van der Waals surface area contributed by atoms with Crippen LogP contribution in [0.25, 0.3) is 11.4 Å². The molecule has 1 aromatic carbocycles. The summed E-state index contributed by atoms with van der Waals surface area (Å²) in [5.74, 6) is 2.63. The molecular formula is C14H18N4. The van der Waals surface area contributed by atoms with Crippen LogP contribution in [0.15, 0.2) is 24.3 Å². The van der Waals surface area contributed by atoms with Gasteiger partial charge in [-0.15, -0.1) is 10.2 Å². The number of hydrogen-bond acceptors (Lipinski definition) is 3. The van der Waals surface area contributed by atoms with Crippen molar-refractivity contribution in [2.45, 2.75) is 26.3 Å². The highest BCUT2D eigenvalue weighted by Gasteiger charge is 2.22. The number of nitrogens with two attached hydrogens (primary N) is 1. The molecule has 1 aliphatic rings. The minimum Gasteiger partial charge on any atom is -0.330 e. The number of rotatable bonds is 2. The second kappa shape index (κ2) is 4.53. The standard InChI is InChI=1S/C14H18N4/c1-10-3-2-4-12(7-10)14-17-16-13-6-5-11(8-15)9-18(13)14/h2-4,7,11H,5-6,8-9,15H2,1H3. The fourth-order valence-electron chi connectivity index (χ4n) is 2.58. The van der Waals surface area contributed by atoms with Crippen LogP contribution < -0.4 is 5.73 Å². The van der Waals surface area contributed by atoms with Crippen molar-refractivity contribution >= 4 is 0 Å². The Bertz CT molecular complexity index is 559. The first kappa shape index (κ1) is 11.4. The molecule has 0 bridgehead atoms. The third kappa shape index (κ3) is 1.93. The molecule has 94 valence electrons. The van der Waals surface area contributed by atoms with Crippen molar-refractivity contribution < 1.29 is 0 Å². The van der Waals surface area contributed by atoms with E-state index in [-0.39, 0.29) is 0 Å². The van der Waals surface area contributed by atoms with Gasteiger partial charge in [0, 0.05) is 18.5 Å². The van der Waals surface area contributed by atoms with Crippen LogP contribution in [0.2, 0.25) is 0 Å². The van der Waals surface area contributed by atoms with Gasteiger partial charge in [0.1, 0.15) is 5.82 Å². The van der Waals surface area contributed by atoms with Crippen molar-refractivity contribution in [3.63, 3.8) is 0 Å². The third-order valence-electron chi connectivity index (χ3n) is 3.65. The summed E-state index contributed by atoms with van der Waals surface area (Å²) in [5, 5.41) is 8.65. The number of nitrogens with zero attached hydrogens (tertiary/aromatic N) is 3. The minimum absolute atomic E-state index is 0.553. The van der Waals surface area contributed by atoms with Crippen LogP contribution in [0.1, 0.15) is 17.8 Å². The highest BCUT2D eigenvalue weighted by Crippen LogP contribution is 2.25. The molecule has 0 saturated carbocycles. The molecular weight excluding hydrogens is 224 g/mol. The Kier molecular flexibility index (Phi) is 2.88. The maximum absolute atomic E-state index is 5.79. The SMILES string of the molecule is Cc1cccc(-c2nnc3n2CC(CN)CC3)c1. The number of benzene rings is 1. The molecule has 0 radical (unpaired) electrons. The zero-order valence-electron chi connectivity index (χ0n) is 10.6. The van der Waals surface area contributed by atoms with E-state index in [1.54, 1.807) is 0 Å². The summed E-state index contributed by atoms with van der Waals surface area (Å²) in [5.41, 5.74) is 8.18.